The van der Waals surface area contributed by atoms with Crippen molar-refractivity contribution in [2.24, 2.45) is 0 Å². The molecule has 1 aliphatic heterocycles. The lowest BCUT2D eigenvalue weighted by atomic mass is 10.0. The van der Waals surface area contributed by atoms with Gasteiger partial charge in [-0.05, 0) is 56.0 Å². The Balaban J connectivity index is 1.40. The molecule has 1 aliphatic rings. The number of para-hydroxylation sites is 1. The number of hydrogen-bond donors (Lipinski definition) is 1. The van der Waals surface area contributed by atoms with E-state index in [1.807, 2.05) is 43.3 Å². The predicted octanol–water partition coefficient (Wildman–Crippen LogP) is 3.81. The Labute approximate surface area is 183 Å². The maximum atomic E-state index is 12.4. The number of ether oxygens (including phenoxy) is 3. The monoisotopic (exact) mass is 426 g/mol. The first-order valence-electron chi connectivity index (χ1n) is 10.7. The minimum Gasteiger partial charge on any atom is -0.493 e. The molecule has 1 N–H and O–H groups in total. The number of nitrogens with zero attached hydrogens (tertiary/aromatic N) is 1. The van der Waals surface area contributed by atoms with Crippen molar-refractivity contribution in [2.45, 2.75) is 38.6 Å². The van der Waals surface area contributed by atoms with Crippen molar-refractivity contribution in [3.05, 3.63) is 54.1 Å². The number of carbonyl (C=O) groups excluding carboxylic acids is 2. The number of aryl methyl sites for hydroxylation is 1. The maximum absolute atomic E-state index is 12.4. The van der Waals surface area contributed by atoms with Gasteiger partial charge in [0.15, 0.2) is 11.5 Å². The average Bonchev–Trinajstić information content (AvgIpc) is 2.79. The Hall–Kier alpha value is -3.22. The van der Waals surface area contributed by atoms with Crippen LogP contribution < -0.4 is 19.5 Å². The summed E-state index contributed by atoms with van der Waals surface area (Å²) in [6.07, 6.45) is 2.10. The van der Waals surface area contributed by atoms with Crippen molar-refractivity contribution in [1.82, 2.24) is 10.2 Å². The van der Waals surface area contributed by atoms with E-state index in [0.29, 0.717) is 62.6 Å². The van der Waals surface area contributed by atoms with Gasteiger partial charge >= 0.3 is 6.09 Å². The fourth-order valence-electron chi connectivity index (χ4n) is 3.56. The number of nitrogens with one attached hydrogen (secondary N) is 1. The Morgan fingerprint density at radius 2 is 1.81 bits per heavy atom. The van der Waals surface area contributed by atoms with E-state index in [4.69, 9.17) is 14.2 Å². The zero-order valence-electron chi connectivity index (χ0n) is 18.1. The zero-order valence-corrected chi connectivity index (χ0v) is 18.1. The van der Waals surface area contributed by atoms with E-state index < -0.39 is 0 Å². The van der Waals surface area contributed by atoms with Gasteiger partial charge in [0, 0.05) is 25.6 Å². The number of hydrogen-bond acceptors (Lipinski definition) is 5. The van der Waals surface area contributed by atoms with E-state index in [9.17, 15) is 9.59 Å². The molecule has 7 nitrogen and oxygen atoms in total. The molecule has 0 saturated carbocycles. The molecule has 166 valence electrons. The van der Waals surface area contributed by atoms with Crippen molar-refractivity contribution in [3.8, 4) is 17.2 Å². The van der Waals surface area contributed by atoms with E-state index in [2.05, 4.69) is 5.32 Å². The van der Waals surface area contributed by atoms with Gasteiger partial charge in [-0.1, -0.05) is 24.3 Å². The normalized spacial score (nSPS) is 14.1. The third kappa shape index (κ3) is 6.64. The number of benzene rings is 2. The summed E-state index contributed by atoms with van der Waals surface area (Å²) in [6.45, 7) is 3.62. The number of piperidine rings is 1. The van der Waals surface area contributed by atoms with Crippen LogP contribution in [0.4, 0.5) is 4.79 Å². The summed E-state index contributed by atoms with van der Waals surface area (Å²) in [4.78, 5) is 26.3. The molecule has 0 unspecified atom stereocenters. The van der Waals surface area contributed by atoms with Gasteiger partial charge in [0.05, 0.1) is 13.7 Å². The van der Waals surface area contributed by atoms with Gasteiger partial charge in [-0.2, -0.15) is 0 Å². The fraction of sp³-hybridized carbons (Fsp3) is 0.417. The lowest BCUT2D eigenvalue weighted by Crippen LogP contribution is -2.47. The van der Waals surface area contributed by atoms with Crippen molar-refractivity contribution in [1.29, 1.82) is 0 Å². The number of carbonyl (C=O) groups is 2. The second-order valence-electron chi connectivity index (χ2n) is 7.43. The summed E-state index contributed by atoms with van der Waals surface area (Å²) < 4.78 is 16.3. The van der Waals surface area contributed by atoms with Crippen molar-refractivity contribution >= 4 is 12.0 Å². The van der Waals surface area contributed by atoms with Gasteiger partial charge in [-0.15, -0.1) is 0 Å². The summed E-state index contributed by atoms with van der Waals surface area (Å²) in [5.41, 5.74) is 1.02. The van der Waals surface area contributed by atoms with Crippen LogP contribution in [-0.4, -0.2) is 49.7 Å². The fourth-order valence-corrected chi connectivity index (χ4v) is 3.56. The Kier molecular flexibility index (Phi) is 8.15. The van der Waals surface area contributed by atoms with Gasteiger partial charge in [-0.3, -0.25) is 4.79 Å². The Morgan fingerprint density at radius 3 is 2.48 bits per heavy atom. The number of likely N-dealkylation sites (tertiary alicyclic amines) is 1. The van der Waals surface area contributed by atoms with Gasteiger partial charge < -0.3 is 24.4 Å². The lowest BCUT2D eigenvalue weighted by Gasteiger charge is -2.31. The first-order valence-corrected chi connectivity index (χ1v) is 10.7. The molecule has 2 amide bonds. The quantitative estimate of drug-likeness (QED) is 0.695. The summed E-state index contributed by atoms with van der Waals surface area (Å²) >= 11 is 0. The standard InChI is InChI=1S/C24H30N2O5/c1-3-30-21-11-9-18(17-22(21)29-2)10-12-23(27)25-19-13-15-26(16-14-19)24(28)31-20-7-5-4-6-8-20/h4-9,11,17,19H,3,10,12-16H2,1-2H3,(H,25,27). The van der Waals surface area contributed by atoms with Gasteiger partial charge in [0.2, 0.25) is 5.91 Å². The minimum atomic E-state index is -0.347. The molecule has 7 heteroatoms. The molecule has 0 atom stereocenters. The van der Waals surface area contributed by atoms with Crippen molar-refractivity contribution < 1.29 is 23.8 Å². The number of rotatable bonds is 8. The van der Waals surface area contributed by atoms with Crippen LogP contribution in [0.1, 0.15) is 31.7 Å². The highest BCUT2D eigenvalue weighted by Gasteiger charge is 2.25. The molecule has 0 aliphatic carbocycles. The highest BCUT2D eigenvalue weighted by molar-refractivity contribution is 5.76. The van der Waals surface area contributed by atoms with Crippen LogP contribution in [0, 0.1) is 0 Å². The number of methoxy groups -OCH3 is 1. The molecule has 3 rings (SSSR count). The molecule has 0 bridgehead atoms. The topological polar surface area (TPSA) is 77.1 Å². The van der Waals surface area contributed by atoms with Crippen LogP contribution in [-0.2, 0) is 11.2 Å². The van der Waals surface area contributed by atoms with E-state index in [1.165, 1.54) is 0 Å². The van der Waals surface area contributed by atoms with E-state index in [-0.39, 0.29) is 18.0 Å². The van der Waals surface area contributed by atoms with Crippen LogP contribution in [0.2, 0.25) is 0 Å². The molecule has 1 saturated heterocycles. The molecular formula is C24H30N2O5. The SMILES string of the molecule is CCOc1ccc(CCC(=O)NC2CCN(C(=O)Oc3ccccc3)CC2)cc1OC. The van der Waals surface area contributed by atoms with Crippen LogP contribution in [0.15, 0.2) is 48.5 Å². The molecular weight excluding hydrogens is 396 g/mol. The lowest BCUT2D eigenvalue weighted by molar-refractivity contribution is -0.122. The zero-order chi connectivity index (χ0) is 22.1. The number of amides is 2. The average molecular weight is 427 g/mol. The Morgan fingerprint density at radius 1 is 1.06 bits per heavy atom. The third-order valence-electron chi connectivity index (χ3n) is 5.24. The van der Waals surface area contributed by atoms with Gasteiger partial charge in [-0.25, -0.2) is 4.79 Å². The van der Waals surface area contributed by atoms with Gasteiger partial charge in [0.1, 0.15) is 5.75 Å². The predicted molar refractivity (Wildman–Crippen MR) is 118 cm³/mol. The highest BCUT2D eigenvalue weighted by Crippen LogP contribution is 2.28. The Bertz CT molecular complexity index is 864. The van der Waals surface area contributed by atoms with Crippen molar-refractivity contribution in [2.75, 3.05) is 26.8 Å². The first kappa shape index (κ1) is 22.5. The summed E-state index contributed by atoms with van der Waals surface area (Å²) in [5.74, 6) is 1.93. The van der Waals surface area contributed by atoms with Crippen LogP contribution >= 0.6 is 0 Å². The summed E-state index contributed by atoms with van der Waals surface area (Å²) in [6, 6.07) is 14.9. The van der Waals surface area contributed by atoms with Crippen LogP contribution in [0.3, 0.4) is 0 Å². The molecule has 1 heterocycles. The largest absolute Gasteiger partial charge is 0.493 e. The summed E-state index contributed by atoms with van der Waals surface area (Å²) in [5, 5.41) is 3.08. The van der Waals surface area contributed by atoms with Crippen LogP contribution in [0.5, 0.6) is 17.2 Å². The highest BCUT2D eigenvalue weighted by atomic mass is 16.6. The van der Waals surface area contributed by atoms with E-state index >= 15 is 0 Å². The van der Waals surface area contributed by atoms with Crippen LogP contribution in [0.25, 0.3) is 0 Å². The molecule has 1 fully saturated rings. The molecule has 0 aromatic heterocycles. The molecule has 0 radical (unpaired) electrons. The maximum Gasteiger partial charge on any atom is 0.415 e. The second kappa shape index (κ2) is 11.2. The second-order valence-corrected chi connectivity index (χ2v) is 7.43. The molecule has 31 heavy (non-hydrogen) atoms. The first-order chi connectivity index (χ1) is 15.1. The molecule has 0 spiro atoms. The van der Waals surface area contributed by atoms with E-state index in [1.54, 1.807) is 24.1 Å². The minimum absolute atomic E-state index is 0.0122. The van der Waals surface area contributed by atoms with Gasteiger partial charge in [0.25, 0.3) is 0 Å². The van der Waals surface area contributed by atoms with E-state index in [0.717, 1.165) is 5.56 Å². The van der Waals surface area contributed by atoms with Crippen molar-refractivity contribution in [3.63, 3.8) is 0 Å². The molecule has 2 aromatic carbocycles. The summed E-state index contributed by atoms with van der Waals surface area (Å²) in [7, 11) is 1.61. The molecule has 2 aromatic rings. The smallest absolute Gasteiger partial charge is 0.415 e. The third-order valence-corrected chi connectivity index (χ3v) is 5.24.